The monoisotopic (exact) mass is 385 g/mol. The minimum Gasteiger partial charge on any atom is -0.382 e. The first-order chi connectivity index (χ1) is 13.7. The summed E-state index contributed by atoms with van der Waals surface area (Å²) < 4.78 is 5.26. The SMILES string of the molecule is CCOCCCNC(=O)C1CCN(C(=O)c2cnn(-c3ccccc3)n2)CC1. The van der Waals surface area contributed by atoms with Crippen LogP contribution in [-0.4, -0.2) is 64.6 Å². The number of ether oxygens (including phenoxy) is 1. The van der Waals surface area contributed by atoms with Gasteiger partial charge in [-0.3, -0.25) is 9.59 Å². The molecule has 0 spiro atoms. The van der Waals surface area contributed by atoms with E-state index in [9.17, 15) is 9.59 Å². The number of carbonyl (C=O) groups excluding carboxylic acids is 2. The molecule has 1 fully saturated rings. The van der Waals surface area contributed by atoms with Crippen molar-refractivity contribution in [3.8, 4) is 5.69 Å². The molecule has 1 aromatic heterocycles. The number of carbonyl (C=O) groups is 2. The molecule has 0 unspecified atom stereocenters. The zero-order valence-electron chi connectivity index (χ0n) is 16.2. The molecule has 0 bridgehead atoms. The first-order valence-electron chi connectivity index (χ1n) is 9.81. The molecule has 1 N–H and O–H groups in total. The fourth-order valence-electron chi connectivity index (χ4n) is 3.23. The van der Waals surface area contributed by atoms with Gasteiger partial charge < -0.3 is 15.0 Å². The summed E-state index contributed by atoms with van der Waals surface area (Å²) in [5.41, 5.74) is 1.13. The molecule has 28 heavy (non-hydrogen) atoms. The largest absolute Gasteiger partial charge is 0.382 e. The van der Waals surface area contributed by atoms with E-state index < -0.39 is 0 Å². The second-order valence-electron chi connectivity index (χ2n) is 6.76. The van der Waals surface area contributed by atoms with E-state index in [4.69, 9.17) is 4.74 Å². The average molecular weight is 385 g/mol. The quantitative estimate of drug-likeness (QED) is 0.698. The van der Waals surface area contributed by atoms with Gasteiger partial charge >= 0.3 is 0 Å². The van der Waals surface area contributed by atoms with E-state index in [1.54, 1.807) is 4.90 Å². The van der Waals surface area contributed by atoms with E-state index in [0.29, 0.717) is 51.4 Å². The van der Waals surface area contributed by atoms with Crippen LogP contribution in [0.25, 0.3) is 5.69 Å². The molecule has 1 aliphatic rings. The van der Waals surface area contributed by atoms with Crippen molar-refractivity contribution in [3.63, 3.8) is 0 Å². The number of benzene rings is 1. The van der Waals surface area contributed by atoms with Crippen LogP contribution in [0.2, 0.25) is 0 Å². The molecule has 1 saturated heterocycles. The summed E-state index contributed by atoms with van der Waals surface area (Å²) in [6.45, 7) is 5.03. The Kier molecular flexibility index (Phi) is 7.13. The number of para-hydroxylation sites is 1. The zero-order valence-corrected chi connectivity index (χ0v) is 16.2. The number of amides is 2. The smallest absolute Gasteiger partial charge is 0.276 e. The molecule has 2 heterocycles. The third-order valence-electron chi connectivity index (χ3n) is 4.82. The summed E-state index contributed by atoms with van der Waals surface area (Å²) in [7, 11) is 0. The standard InChI is InChI=1S/C20H27N5O3/c1-2-28-14-6-11-21-19(26)16-9-12-24(13-10-16)20(27)18-15-22-25(23-18)17-7-4-3-5-8-17/h3-5,7-8,15-16H,2,6,9-14H2,1H3,(H,21,26). The van der Waals surface area contributed by atoms with Gasteiger partial charge in [-0.25, -0.2) is 0 Å². The summed E-state index contributed by atoms with van der Waals surface area (Å²) >= 11 is 0. The number of hydrogen-bond acceptors (Lipinski definition) is 5. The minimum atomic E-state index is -0.141. The van der Waals surface area contributed by atoms with Crippen LogP contribution in [0.3, 0.4) is 0 Å². The van der Waals surface area contributed by atoms with Crippen molar-refractivity contribution in [2.24, 2.45) is 5.92 Å². The Bertz CT molecular complexity index is 769. The number of nitrogens with zero attached hydrogens (tertiary/aromatic N) is 4. The van der Waals surface area contributed by atoms with Crippen LogP contribution in [0, 0.1) is 5.92 Å². The number of aromatic nitrogens is 3. The maximum atomic E-state index is 12.7. The third kappa shape index (κ3) is 5.16. The lowest BCUT2D eigenvalue weighted by atomic mass is 9.95. The molecule has 0 radical (unpaired) electrons. The van der Waals surface area contributed by atoms with Gasteiger partial charge in [0.15, 0.2) is 5.69 Å². The lowest BCUT2D eigenvalue weighted by Gasteiger charge is -2.30. The Morgan fingerprint density at radius 3 is 2.68 bits per heavy atom. The number of nitrogens with one attached hydrogen (secondary N) is 1. The molecule has 0 saturated carbocycles. The van der Waals surface area contributed by atoms with Crippen molar-refractivity contribution in [2.45, 2.75) is 26.2 Å². The highest BCUT2D eigenvalue weighted by atomic mass is 16.5. The highest BCUT2D eigenvalue weighted by molar-refractivity contribution is 5.92. The molecule has 8 nitrogen and oxygen atoms in total. The van der Waals surface area contributed by atoms with Crippen molar-refractivity contribution in [3.05, 3.63) is 42.2 Å². The topological polar surface area (TPSA) is 89.4 Å². The Hall–Kier alpha value is -2.74. The van der Waals surface area contributed by atoms with Crippen LogP contribution in [-0.2, 0) is 9.53 Å². The van der Waals surface area contributed by atoms with Crippen LogP contribution < -0.4 is 5.32 Å². The predicted molar refractivity (Wildman–Crippen MR) is 104 cm³/mol. The number of rotatable bonds is 8. The van der Waals surface area contributed by atoms with Gasteiger partial charge in [0, 0.05) is 38.8 Å². The number of likely N-dealkylation sites (tertiary alicyclic amines) is 1. The van der Waals surface area contributed by atoms with E-state index in [0.717, 1.165) is 12.1 Å². The molecule has 1 aliphatic heterocycles. The van der Waals surface area contributed by atoms with Crippen molar-refractivity contribution >= 4 is 11.8 Å². The van der Waals surface area contributed by atoms with Gasteiger partial charge in [-0.05, 0) is 38.3 Å². The number of piperidine rings is 1. The molecular weight excluding hydrogens is 358 g/mol. The van der Waals surface area contributed by atoms with Gasteiger partial charge in [0.1, 0.15) is 0 Å². The van der Waals surface area contributed by atoms with Gasteiger partial charge in [0.2, 0.25) is 5.91 Å². The zero-order chi connectivity index (χ0) is 19.8. The Labute approximate surface area is 164 Å². The fraction of sp³-hybridized carbons (Fsp3) is 0.500. The van der Waals surface area contributed by atoms with Gasteiger partial charge in [0.05, 0.1) is 11.9 Å². The van der Waals surface area contributed by atoms with Gasteiger partial charge in [-0.1, -0.05) is 18.2 Å². The first kappa shape index (κ1) is 20.0. The van der Waals surface area contributed by atoms with Crippen LogP contribution >= 0.6 is 0 Å². The maximum Gasteiger partial charge on any atom is 0.276 e. The first-order valence-corrected chi connectivity index (χ1v) is 9.81. The average Bonchev–Trinajstić information content (AvgIpc) is 3.24. The van der Waals surface area contributed by atoms with Crippen LogP contribution in [0.1, 0.15) is 36.7 Å². The van der Waals surface area contributed by atoms with Gasteiger partial charge in [-0.2, -0.15) is 9.90 Å². The summed E-state index contributed by atoms with van der Waals surface area (Å²) in [6.07, 6.45) is 3.63. The molecule has 0 aliphatic carbocycles. The van der Waals surface area contributed by atoms with Crippen LogP contribution in [0.15, 0.2) is 36.5 Å². The molecular formula is C20H27N5O3. The maximum absolute atomic E-state index is 12.7. The van der Waals surface area contributed by atoms with E-state index >= 15 is 0 Å². The molecule has 0 atom stereocenters. The highest BCUT2D eigenvalue weighted by Gasteiger charge is 2.28. The Morgan fingerprint density at radius 1 is 1.21 bits per heavy atom. The normalized spacial score (nSPS) is 14.8. The van der Waals surface area contributed by atoms with Crippen LogP contribution in [0.4, 0.5) is 0 Å². The highest BCUT2D eigenvalue weighted by Crippen LogP contribution is 2.19. The van der Waals surface area contributed by atoms with Gasteiger partial charge in [0.25, 0.3) is 5.91 Å². The second kappa shape index (κ2) is 9.98. The summed E-state index contributed by atoms with van der Waals surface area (Å²) in [5.74, 6) is -0.118. The molecule has 150 valence electrons. The second-order valence-corrected chi connectivity index (χ2v) is 6.76. The van der Waals surface area contributed by atoms with Crippen molar-refractivity contribution in [1.29, 1.82) is 0 Å². The van der Waals surface area contributed by atoms with E-state index in [-0.39, 0.29) is 17.7 Å². The lowest BCUT2D eigenvalue weighted by molar-refractivity contribution is -0.126. The summed E-state index contributed by atoms with van der Waals surface area (Å²) in [6, 6.07) is 9.47. The fourth-order valence-corrected chi connectivity index (χ4v) is 3.23. The minimum absolute atomic E-state index is 0.0452. The molecule has 3 rings (SSSR count). The third-order valence-corrected chi connectivity index (χ3v) is 4.82. The lowest BCUT2D eigenvalue weighted by Crippen LogP contribution is -2.43. The van der Waals surface area contributed by atoms with Crippen LogP contribution in [0.5, 0.6) is 0 Å². The van der Waals surface area contributed by atoms with Crippen molar-refractivity contribution in [1.82, 2.24) is 25.2 Å². The van der Waals surface area contributed by atoms with E-state index in [1.807, 2.05) is 37.3 Å². The Balaban J connectivity index is 1.46. The molecule has 8 heteroatoms. The van der Waals surface area contributed by atoms with E-state index in [1.165, 1.54) is 11.0 Å². The number of hydrogen-bond donors (Lipinski definition) is 1. The molecule has 2 aromatic rings. The molecule has 1 aromatic carbocycles. The van der Waals surface area contributed by atoms with Gasteiger partial charge in [-0.15, -0.1) is 5.10 Å². The van der Waals surface area contributed by atoms with E-state index in [2.05, 4.69) is 15.5 Å². The Morgan fingerprint density at radius 2 is 1.96 bits per heavy atom. The summed E-state index contributed by atoms with van der Waals surface area (Å²) in [5, 5.41) is 11.4. The predicted octanol–water partition coefficient (Wildman–Crippen LogP) is 1.66. The molecule has 2 amide bonds. The summed E-state index contributed by atoms with van der Waals surface area (Å²) in [4.78, 5) is 28.1. The van der Waals surface area contributed by atoms with Crippen molar-refractivity contribution in [2.75, 3.05) is 32.8 Å². The van der Waals surface area contributed by atoms with Crippen molar-refractivity contribution < 1.29 is 14.3 Å².